The summed E-state index contributed by atoms with van der Waals surface area (Å²) in [6.07, 6.45) is 0.713. The highest BCUT2D eigenvalue weighted by Crippen LogP contribution is 2.41. The molecule has 0 saturated carbocycles. The van der Waals surface area contributed by atoms with Crippen LogP contribution < -0.4 is 10.4 Å². The molecule has 2 aromatic carbocycles. The molecule has 1 N–H and O–H groups in total. The van der Waals surface area contributed by atoms with Crippen molar-refractivity contribution in [3.05, 3.63) is 60.7 Å². The molecule has 3 rings (SSSR count). The van der Waals surface area contributed by atoms with E-state index in [-0.39, 0.29) is 29.3 Å². The maximum atomic E-state index is 10.3. The molecular formula is C24H34O2Si. The van der Waals surface area contributed by atoms with E-state index < -0.39 is 8.07 Å². The summed E-state index contributed by atoms with van der Waals surface area (Å²) in [6, 6.07) is 23.3. The van der Waals surface area contributed by atoms with Crippen molar-refractivity contribution in [3.63, 3.8) is 0 Å². The lowest BCUT2D eigenvalue weighted by Crippen LogP contribution is -2.64. The van der Waals surface area contributed by atoms with Crippen LogP contribution in [0.2, 0.25) is 11.1 Å². The summed E-state index contributed by atoms with van der Waals surface area (Å²) in [6.45, 7) is 11.3. The first-order valence-electron chi connectivity index (χ1n) is 10.2. The Morgan fingerprint density at radius 2 is 1.37 bits per heavy atom. The average molecular weight is 383 g/mol. The highest BCUT2D eigenvalue weighted by atomic mass is 28.3. The van der Waals surface area contributed by atoms with E-state index in [1.807, 2.05) is 6.92 Å². The first-order chi connectivity index (χ1) is 12.8. The van der Waals surface area contributed by atoms with Crippen LogP contribution in [0.5, 0.6) is 0 Å². The molecule has 1 heterocycles. The van der Waals surface area contributed by atoms with Crippen LogP contribution in [-0.4, -0.2) is 31.5 Å². The van der Waals surface area contributed by atoms with Crippen molar-refractivity contribution < 1.29 is 9.84 Å². The molecule has 0 aromatic heterocycles. The van der Waals surface area contributed by atoms with Crippen LogP contribution in [0.15, 0.2) is 60.7 Å². The number of hydrogen-bond donors (Lipinski definition) is 1. The quantitative estimate of drug-likeness (QED) is 0.785. The minimum absolute atomic E-state index is 0.0656. The molecule has 0 unspecified atom stereocenters. The third kappa shape index (κ3) is 3.78. The van der Waals surface area contributed by atoms with Crippen LogP contribution in [-0.2, 0) is 4.74 Å². The molecule has 0 bridgehead atoms. The zero-order valence-electron chi connectivity index (χ0n) is 17.4. The predicted molar refractivity (Wildman–Crippen MR) is 117 cm³/mol. The van der Waals surface area contributed by atoms with Gasteiger partial charge in [-0.05, 0) is 24.4 Å². The molecule has 1 fully saturated rings. The fraction of sp³-hybridized carbons (Fsp3) is 0.500. The van der Waals surface area contributed by atoms with Gasteiger partial charge >= 0.3 is 0 Å². The smallest absolute Gasteiger partial charge is 0.123 e. The van der Waals surface area contributed by atoms with Crippen LogP contribution in [0, 0.1) is 5.92 Å². The van der Waals surface area contributed by atoms with Gasteiger partial charge in [-0.1, -0.05) is 98.7 Å². The molecule has 0 aliphatic carbocycles. The van der Waals surface area contributed by atoms with E-state index >= 15 is 0 Å². The number of aliphatic hydroxyl groups excluding tert-OH is 1. The zero-order chi connectivity index (χ0) is 19.7. The second kappa shape index (κ2) is 7.90. The number of benzene rings is 2. The normalized spacial score (nSPS) is 26.3. The molecule has 2 aromatic rings. The van der Waals surface area contributed by atoms with E-state index in [1.165, 1.54) is 10.4 Å². The summed E-state index contributed by atoms with van der Waals surface area (Å²) >= 11 is 0. The van der Waals surface area contributed by atoms with Gasteiger partial charge in [-0.15, -0.1) is 0 Å². The Balaban J connectivity index is 2.02. The number of ether oxygens (including phenoxy) is 1. The van der Waals surface area contributed by atoms with Crippen LogP contribution >= 0.6 is 0 Å². The lowest BCUT2D eigenvalue weighted by molar-refractivity contribution is 0.0208. The highest BCUT2D eigenvalue weighted by molar-refractivity contribution is 7.04. The summed E-state index contributed by atoms with van der Waals surface area (Å²) in [5.74, 6) is 0.193. The molecule has 2 nitrogen and oxygen atoms in total. The van der Waals surface area contributed by atoms with E-state index in [9.17, 15) is 5.11 Å². The standard InChI is InChI=1S/C24H34O2Si/c1-18-22(26-19(2)23(18)25)16-17-27(24(3,4)5,20-12-8-6-9-13-20)21-14-10-7-11-15-21/h6-15,18-19,22-23,25H,16-17H2,1-5H3/t18-,19-,22+,23-/m0/s1. The van der Waals surface area contributed by atoms with Gasteiger partial charge in [0, 0.05) is 5.92 Å². The predicted octanol–water partition coefficient (Wildman–Crippen LogP) is 4.22. The van der Waals surface area contributed by atoms with E-state index in [2.05, 4.69) is 88.4 Å². The molecule has 3 heteroatoms. The van der Waals surface area contributed by atoms with E-state index in [1.54, 1.807) is 0 Å². The third-order valence-corrected chi connectivity index (χ3v) is 12.9. The Labute approximate surface area is 165 Å². The van der Waals surface area contributed by atoms with Gasteiger partial charge < -0.3 is 9.84 Å². The van der Waals surface area contributed by atoms with Crippen molar-refractivity contribution in [1.82, 2.24) is 0 Å². The number of hydrogen-bond acceptors (Lipinski definition) is 2. The summed E-state index contributed by atoms with van der Waals surface area (Å²) in [4.78, 5) is 0. The van der Waals surface area contributed by atoms with E-state index in [4.69, 9.17) is 4.74 Å². The molecule has 0 spiro atoms. The van der Waals surface area contributed by atoms with E-state index in [0.29, 0.717) is 0 Å². The average Bonchev–Trinajstić information content (AvgIpc) is 2.90. The third-order valence-electron chi connectivity index (χ3n) is 6.61. The molecule has 1 saturated heterocycles. The molecule has 0 amide bonds. The van der Waals surface area contributed by atoms with Crippen molar-refractivity contribution in [3.8, 4) is 0 Å². The Kier molecular flexibility index (Phi) is 5.95. The first-order valence-corrected chi connectivity index (χ1v) is 12.4. The number of rotatable bonds is 5. The fourth-order valence-electron chi connectivity index (χ4n) is 4.96. The van der Waals surface area contributed by atoms with Crippen LogP contribution in [0.3, 0.4) is 0 Å². The van der Waals surface area contributed by atoms with Gasteiger partial charge in [0.15, 0.2) is 0 Å². The summed E-state index contributed by atoms with van der Waals surface area (Å²) in [5.41, 5.74) is 0. The second-order valence-corrected chi connectivity index (χ2v) is 14.1. The summed E-state index contributed by atoms with van der Waals surface area (Å²) < 4.78 is 6.14. The Morgan fingerprint density at radius 1 is 0.889 bits per heavy atom. The van der Waals surface area contributed by atoms with Crippen molar-refractivity contribution in [1.29, 1.82) is 0 Å². The molecular weight excluding hydrogens is 348 g/mol. The van der Waals surface area contributed by atoms with Gasteiger partial charge in [-0.25, -0.2) is 0 Å². The lowest BCUT2D eigenvalue weighted by atomic mass is 9.97. The van der Waals surface area contributed by atoms with Gasteiger partial charge in [-0.2, -0.15) is 0 Å². The van der Waals surface area contributed by atoms with Gasteiger partial charge in [0.1, 0.15) is 8.07 Å². The molecule has 1 aliphatic rings. The first kappa shape index (κ1) is 20.3. The highest BCUT2D eigenvalue weighted by Gasteiger charge is 2.48. The van der Waals surface area contributed by atoms with Gasteiger partial charge in [0.25, 0.3) is 0 Å². The maximum Gasteiger partial charge on any atom is 0.123 e. The minimum Gasteiger partial charge on any atom is -0.390 e. The fourth-order valence-corrected chi connectivity index (χ4v) is 10.6. The Morgan fingerprint density at radius 3 is 1.74 bits per heavy atom. The molecule has 27 heavy (non-hydrogen) atoms. The Hall–Kier alpha value is -1.42. The van der Waals surface area contributed by atoms with Crippen molar-refractivity contribution in [2.75, 3.05) is 0 Å². The van der Waals surface area contributed by atoms with Crippen molar-refractivity contribution in [2.45, 2.75) is 70.4 Å². The molecule has 4 atom stereocenters. The van der Waals surface area contributed by atoms with Crippen LogP contribution in [0.25, 0.3) is 0 Å². The Bertz CT molecular complexity index is 684. The largest absolute Gasteiger partial charge is 0.390 e. The van der Waals surface area contributed by atoms with Crippen molar-refractivity contribution >= 4 is 18.4 Å². The summed E-state index contributed by atoms with van der Waals surface area (Å²) in [5, 5.41) is 13.5. The second-order valence-electron chi connectivity index (χ2n) is 9.16. The van der Waals surface area contributed by atoms with Gasteiger partial charge in [-0.3, -0.25) is 0 Å². The monoisotopic (exact) mass is 382 g/mol. The molecule has 0 radical (unpaired) electrons. The van der Waals surface area contributed by atoms with Crippen LogP contribution in [0.4, 0.5) is 0 Å². The van der Waals surface area contributed by atoms with E-state index in [0.717, 1.165) is 12.5 Å². The molecule has 146 valence electrons. The maximum absolute atomic E-state index is 10.3. The molecule has 1 aliphatic heterocycles. The lowest BCUT2D eigenvalue weighted by Gasteiger charge is -2.45. The minimum atomic E-state index is -2.05. The van der Waals surface area contributed by atoms with Crippen molar-refractivity contribution in [2.24, 2.45) is 5.92 Å². The van der Waals surface area contributed by atoms with Crippen LogP contribution in [0.1, 0.15) is 41.0 Å². The van der Waals surface area contributed by atoms with Gasteiger partial charge in [0.2, 0.25) is 0 Å². The topological polar surface area (TPSA) is 29.5 Å². The summed E-state index contributed by atoms with van der Waals surface area (Å²) in [7, 11) is -2.05. The SMILES string of the molecule is C[C@@H]1[C@H](O)[C@H](C)O[C@@H]1CC[Si](c1ccccc1)(c1ccccc1)C(C)(C)C. The number of aliphatic hydroxyl groups is 1. The van der Waals surface area contributed by atoms with Gasteiger partial charge in [0.05, 0.1) is 18.3 Å². The zero-order valence-corrected chi connectivity index (χ0v) is 18.4.